The minimum Gasteiger partial charge on any atom is -0.481 e. The predicted molar refractivity (Wildman–Crippen MR) is 206 cm³/mol. The Labute approximate surface area is 312 Å². The van der Waals surface area contributed by atoms with Crippen LogP contribution in [0.4, 0.5) is 10.9 Å². The highest BCUT2D eigenvalue weighted by Crippen LogP contribution is 2.33. The summed E-state index contributed by atoms with van der Waals surface area (Å²) in [5, 5.41) is 16.9. The summed E-state index contributed by atoms with van der Waals surface area (Å²) < 4.78 is 31.1. The topological polar surface area (TPSA) is 176 Å². The van der Waals surface area contributed by atoms with Crippen LogP contribution >= 0.6 is 11.3 Å². The van der Waals surface area contributed by atoms with Crippen molar-refractivity contribution < 1.29 is 27.9 Å². The third-order valence-electron chi connectivity index (χ3n) is 9.02. The van der Waals surface area contributed by atoms with Crippen LogP contribution in [0.5, 0.6) is 0 Å². The smallest absolute Gasteiger partial charge is 0.303 e. The fraction of sp³-hybridized carbons (Fsp3) is 0.368. The van der Waals surface area contributed by atoms with Crippen LogP contribution < -0.4 is 14.9 Å². The maximum Gasteiger partial charge on any atom is 0.303 e. The number of sulfonamides is 1. The van der Waals surface area contributed by atoms with Crippen LogP contribution in [0.1, 0.15) is 84.1 Å². The van der Waals surface area contributed by atoms with E-state index in [-0.39, 0.29) is 35.6 Å². The summed E-state index contributed by atoms with van der Waals surface area (Å²) in [5.74, 6) is -1.97. The van der Waals surface area contributed by atoms with E-state index in [2.05, 4.69) is 40.9 Å². The van der Waals surface area contributed by atoms with Crippen LogP contribution in [0.2, 0.25) is 0 Å². The van der Waals surface area contributed by atoms with Gasteiger partial charge in [-0.3, -0.25) is 24.4 Å². The SMILES string of the molecule is Cc1c(-c2ccc(N3CCc4cccc(C(=O)Nc5nc6ccccc6s5)c4C3)nc2C(=O)NS(=O)(=O)CCCCCC(=O)O)cnn1CC(C)(C)C. The lowest BCUT2D eigenvalue weighted by Crippen LogP contribution is -2.35. The number of para-hydroxylation sites is 1. The molecule has 0 aliphatic carbocycles. The number of thiazole rings is 1. The number of benzene rings is 2. The van der Waals surface area contributed by atoms with Crippen LogP contribution in [0.15, 0.2) is 60.8 Å². The first-order valence-corrected chi connectivity index (χ1v) is 20.0. The first kappa shape index (κ1) is 37.6. The summed E-state index contributed by atoms with van der Waals surface area (Å²) in [6.07, 6.45) is 3.18. The van der Waals surface area contributed by atoms with Crippen molar-refractivity contribution in [3.63, 3.8) is 0 Å². The van der Waals surface area contributed by atoms with Crippen molar-refractivity contribution in [1.82, 2.24) is 24.5 Å². The van der Waals surface area contributed by atoms with Crippen LogP contribution in [0.3, 0.4) is 0 Å². The number of nitrogens with zero attached hydrogens (tertiary/aromatic N) is 5. The van der Waals surface area contributed by atoms with Crippen molar-refractivity contribution >= 4 is 60.3 Å². The molecule has 3 aromatic heterocycles. The van der Waals surface area contributed by atoms with Gasteiger partial charge in [0.05, 0.1) is 22.2 Å². The molecule has 13 nitrogen and oxygen atoms in total. The molecule has 1 aliphatic rings. The molecule has 0 atom stereocenters. The Balaban J connectivity index is 1.28. The van der Waals surface area contributed by atoms with Gasteiger partial charge in [0.15, 0.2) is 5.13 Å². The lowest BCUT2D eigenvalue weighted by Gasteiger charge is -2.31. The number of carbonyl (C=O) groups is 3. The summed E-state index contributed by atoms with van der Waals surface area (Å²) in [6, 6.07) is 16.9. The van der Waals surface area contributed by atoms with E-state index in [0.717, 1.165) is 27.0 Å². The highest BCUT2D eigenvalue weighted by Gasteiger charge is 2.28. The van der Waals surface area contributed by atoms with Gasteiger partial charge in [-0.2, -0.15) is 5.10 Å². The largest absolute Gasteiger partial charge is 0.481 e. The van der Waals surface area contributed by atoms with E-state index in [1.54, 1.807) is 24.4 Å². The summed E-state index contributed by atoms with van der Waals surface area (Å²) in [4.78, 5) is 49.6. The maximum absolute atomic E-state index is 13.9. The molecule has 2 amide bonds. The zero-order valence-electron chi connectivity index (χ0n) is 30.2. The average molecular weight is 758 g/mol. The monoisotopic (exact) mass is 757 g/mol. The zero-order chi connectivity index (χ0) is 37.9. The number of nitrogens with one attached hydrogen (secondary N) is 2. The van der Waals surface area contributed by atoms with E-state index in [9.17, 15) is 22.8 Å². The van der Waals surface area contributed by atoms with Crippen LogP contribution in [0, 0.1) is 12.3 Å². The molecule has 0 saturated heterocycles. The number of pyridine rings is 1. The van der Waals surface area contributed by atoms with Crippen LogP contribution in [-0.2, 0) is 34.3 Å². The third kappa shape index (κ3) is 9.08. The second kappa shape index (κ2) is 15.4. The van der Waals surface area contributed by atoms with Gasteiger partial charge in [0.25, 0.3) is 11.8 Å². The third-order valence-corrected chi connectivity index (χ3v) is 11.3. The minimum absolute atomic E-state index is 0.0506. The van der Waals surface area contributed by atoms with E-state index in [1.165, 1.54) is 11.3 Å². The Hall–Kier alpha value is -5.15. The molecule has 1 aliphatic heterocycles. The van der Waals surface area contributed by atoms with Gasteiger partial charge in [0, 0.05) is 48.4 Å². The first-order chi connectivity index (χ1) is 25.2. The molecular weight excluding hydrogens is 715 g/mol. The standard InChI is InChI=1S/C38H43N7O6S2/c1-24-28(21-39-45(24)23-38(2,3)4)26-16-17-32(41-34(26)36(49)43-53(50,51)20-9-5-6-15-33(46)47)44-19-18-25-11-10-12-27(29(25)22-44)35(48)42-37-40-30-13-7-8-14-31(30)52-37/h7-8,10-14,16-17,21H,5-6,9,15,18-20,22-23H2,1-4H3,(H,43,49)(H,46,47)(H,40,42,48). The zero-order valence-corrected chi connectivity index (χ0v) is 31.8. The molecule has 5 aromatic rings. The number of hydrogen-bond donors (Lipinski definition) is 3. The minimum atomic E-state index is -4.06. The number of carboxylic acids is 1. The van der Waals surface area contributed by atoms with Crippen molar-refractivity contribution in [2.45, 2.75) is 72.9 Å². The number of anilines is 2. The molecule has 278 valence electrons. The number of aliphatic carboxylic acids is 1. The van der Waals surface area contributed by atoms with Crippen LogP contribution in [0.25, 0.3) is 21.3 Å². The van der Waals surface area contributed by atoms with Crippen molar-refractivity contribution in [3.8, 4) is 11.1 Å². The molecular formula is C38H43N7O6S2. The number of carbonyl (C=O) groups excluding carboxylic acids is 2. The molecule has 4 heterocycles. The second-order valence-electron chi connectivity index (χ2n) is 14.4. The predicted octanol–water partition coefficient (Wildman–Crippen LogP) is 6.43. The Morgan fingerprint density at radius 1 is 0.943 bits per heavy atom. The van der Waals surface area contributed by atoms with Crippen molar-refractivity contribution in [3.05, 3.63) is 88.9 Å². The molecule has 0 fully saturated rings. The van der Waals surface area contributed by atoms with Gasteiger partial charge in [0.2, 0.25) is 10.0 Å². The number of hydrogen-bond acceptors (Lipinski definition) is 10. The van der Waals surface area contributed by atoms with Crippen LogP contribution in [-0.4, -0.2) is 63.4 Å². The summed E-state index contributed by atoms with van der Waals surface area (Å²) >= 11 is 1.40. The molecule has 2 aromatic carbocycles. The average Bonchev–Trinajstić information content (AvgIpc) is 3.68. The summed E-state index contributed by atoms with van der Waals surface area (Å²) in [6.45, 7) is 9.72. The molecule has 6 rings (SSSR count). The molecule has 15 heteroatoms. The Morgan fingerprint density at radius 3 is 2.49 bits per heavy atom. The van der Waals surface area contributed by atoms with Crippen molar-refractivity contribution in [2.24, 2.45) is 5.41 Å². The van der Waals surface area contributed by atoms with Gasteiger partial charge in [0.1, 0.15) is 11.5 Å². The second-order valence-corrected chi connectivity index (χ2v) is 17.3. The van der Waals surface area contributed by atoms with E-state index in [4.69, 9.17) is 10.1 Å². The number of rotatable bonds is 13. The summed E-state index contributed by atoms with van der Waals surface area (Å²) in [7, 11) is -4.06. The lowest BCUT2D eigenvalue weighted by molar-refractivity contribution is -0.137. The van der Waals surface area contributed by atoms with E-state index in [0.29, 0.717) is 66.5 Å². The van der Waals surface area contributed by atoms with Gasteiger partial charge in [-0.25, -0.2) is 23.1 Å². The molecule has 53 heavy (non-hydrogen) atoms. The number of aromatic nitrogens is 4. The number of amides is 2. The van der Waals surface area contributed by atoms with E-state index in [1.807, 2.05) is 52.9 Å². The highest BCUT2D eigenvalue weighted by atomic mass is 32.2. The molecule has 3 N–H and O–H groups in total. The molecule has 0 spiro atoms. The summed E-state index contributed by atoms with van der Waals surface area (Å²) in [5.41, 5.74) is 4.95. The molecule has 0 unspecified atom stereocenters. The van der Waals surface area contributed by atoms with Crippen molar-refractivity contribution in [2.75, 3.05) is 22.5 Å². The van der Waals surface area contributed by atoms with Gasteiger partial charge in [-0.05, 0) is 73.1 Å². The molecule has 0 saturated carbocycles. The number of fused-ring (bicyclic) bond motifs is 2. The van der Waals surface area contributed by atoms with Gasteiger partial charge in [-0.1, -0.05) is 62.8 Å². The number of carboxylic acid groups (broad SMARTS) is 1. The Bertz CT molecular complexity index is 2260. The normalized spacial score (nSPS) is 13.2. The molecule has 0 radical (unpaired) electrons. The Morgan fingerprint density at radius 2 is 1.74 bits per heavy atom. The highest BCUT2D eigenvalue weighted by molar-refractivity contribution is 7.90. The van der Waals surface area contributed by atoms with E-state index >= 15 is 0 Å². The van der Waals surface area contributed by atoms with Gasteiger partial charge in [-0.15, -0.1) is 0 Å². The Kier molecular flexibility index (Phi) is 11.0. The van der Waals surface area contributed by atoms with Gasteiger partial charge < -0.3 is 10.0 Å². The van der Waals surface area contributed by atoms with Gasteiger partial charge >= 0.3 is 5.97 Å². The quantitative estimate of drug-likeness (QED) is 0.114. The number of unbranched alkanes of at least 4 members (excludes halogenated alkanes) is 2. The molecule has 0 bridgehead atoms. The lowest BCUT2D eigenvalue weighted by atomic mass is 9.94. The van der Waals surface area contributed by atoms with Crippen molar-refractivity contribution in [1.29, 1.82) is 0 Å². The maximum atomic E-state index is 13.9. The fourth-order valence-electron chi connectivity index (χ4n) is 6.40. The fourth-order valence-corrected chi connectivity index (χ4v) is 8.33. The first-order valence-electron chi connectivity index (χ1n) is 17.5. The van der Waals surface area contributed by atoms with E-state index < -0.39 is 21.9 Å².